The average molecular weight is 337 g/mol. The highest BCUT2D eigenvalue weighted by Gasteiger charge is 2.47. The van der Waals surface area contributed by atoms with Crippen LogP contribution in [-0.2, 0) is 5.54 Å². The first-order chi connectivity index (χ1) is 11.7. The molecule has 1 N–H and O–H groups in total. The molecule has 4 atom stereocenters. The molecule has 0 bridgehead atoms. The molecule has 2 fully saturated rings. The Morgan fingerprint density at radius 3 is 2.67 bits per heavy atom. The number of nitriles is 1. The van der Waals surface area contributed by atoms with Crippen molar-refractivity contribution in [3.05, 3.63) is 58.3 Å². The van der Waals surface area contributed by atoms with Crippen LogP contribution in [-0.4, -0.2) is 6.04 Å². The first kappa shape index (κ1) is 15.9. The molecule has 1 aromatic carbocycles. The highest BCUT2D eigenvalue weighted by molar-refractivity contribution is 7.10. The maximum atomic E-state index is 10.1. The minimum absolute atomic E-state index is 0.357. The second-order valence-corrected chi connectivity index (χ2v) is 8.44. The van der Waals surface area contributed by atoms with Crippen molar-refractivity contribution in [2.75, 3.05) is 0 Å². The Morgan fingerprint density at radius 1 is 1.25 bits per heavy atom. The third-order valence-electron chi connectivity index (χ3n) is 5.61. The van der Waals surface area contributed by atoms with Crippen LogP contribution in [0.4, 0.5) is 0 Å². The molecular weight excluding hydrogens is 312 g/mol. The van der Waals surface area contributed by atoms with Crippen LogP contribution < -0.4 is 5.32 Å². The molecule has 2 aromatic rings. The fraction of sp³-hybridized carbons (Fsp3) is 0.476. The number of thiophene rings is 1. The number of nitrogens with one attached hydrogen (secondary N) is 1. The summed E-state index contributed by atoms with van der Waals surface area (Å²) >= 11 is 1.71. The fourth-order valence-corrected chi connectivity index (χ4v) is 4.84. The summed E-state index contributed by atoms with van der Waals surface area (Å²) in [7, 11) is 0. The number of benzene rings is 1. The summed E-state index contributed by atoms with van der Waals surface area (Å²) in [5, 5.41) is 15.9. The molecule has 3 heteroatoms. The van der Waals surface area contributed by atoms with Gasteiger partial charge in [0.05, 0.1) is 6.07 Å². The molecule has 24 heavy (non-hydrogen) atoms. The van der Waals surface area contributed by atoms with Crippen LogP contribution in [0.1, 0.15) is 49.0 Å². The summed E-state index contributed by atoms with van der Waals surface area (Å²) in [5.74, 6) is 2.00. The maximum absolute atomic E-state index is 10.1. The number of nitrogens with zero attached hydrogens (tertiary/aromatic N) is 1. The zero-order valence-corrected chi connectivity index (χ0v) is 14.9. The van der Waals surface area contributed by atoms with Crippen LogP contribution in [0.2, 0.25) is 0 Å². The molecule has 0 aliphatic heterocycles. The van der Waals surface area contributed by atoms with Crippen molar-refractivity contribution < 1.29 is 0 Å². The molecule has 4 rings (SSSR count). The van der Waals surface area contributed by atoms with E-state index in [1.165, 1.54) is 29.7 Å². The van der Waals surface area contributed by atoms with Gasteiger partial charge in [0.1, 0.15) is 5.54 Å². The van der Waals surface area contributed by atoms with Gasteiger partial charge in [0.25, 0.3) is 0 Å². The lowest BCUT2D eigenvalue weighted by atomic mass is 9.90. The Bertz CT molecular complexity index is 714. The monoisotopic (exact) mass is 336 g/mol. The molecule has 0 radical (unpaired) electrons. The lowest BCUT2D eigenvalue weighted by Gasteiger charge is -2.31. The third kappa shape index (κ3) is 3.14. The number of hydrogen-bond donors (Lipinski definition) is 1. The molecule has 124 valence electrons. The summed E-state index contributed by atoms with van der Waals surface area (Å²) in [6.07, 6.45) is 4.74. The largest absolute Gasteiger partial charge is 0.292 e. The molecule has 1 heterocycles. The van der Waals surface area contributed by atoms with Crippen LogP contribution >= 0.6 is 11.3 Å². The Hall–Kier alpha value is -1.63. The quantitative estimate of drug-likeness (QED) is 0.768. The van der Waals surface area contributed by atoms with Crippen LogP contribution in [0.3, 0.4) is 0 Å². The summed E-state index contributed by atoms with van der Waals surface area (Å²) < 4.78 is 0. The molecule has 2 aliphatic rings. The predicted molar refractivity (Wildman–Crippen MR) is 98.8 cm³/mol. The minimum Gasteiger partial charge on any atom is -0.292 e. The maximum Gasteiger partial charge on any atom is 0.141 e. The fourth-order valence-electron chi connectivity index (χ4n) is 3.99. The van der Waals surface area contributed by atoms with E-state index in [0.29, 0.717) is 17.9 Å². The lowest BCUT2D eigenvalue weighted by Crippen LogP contribution is -2.47. The predicted octanol–water partition coefficient (Wildman–Crippen LogP) is 5.05. The van der Waals surface area contributed by atoms with E-state index in [2.05, 4.69) is 66.2 Å². The van der Waals surface area contributed by atoms with Crippen LogP contribution in [0.15, 0.2) is 47.8 Å². The first-order valence-electron chi connectivity index (χ1n) is 9.00. The van der Waals surface area contributed by atoms with Crippen molar-refractivity contribution >= 4 is 11.3 Å². The Labute approximate surface area is 148 Å². The molecular formula is C21H24N2S. The van der Waals surface area contributed by atoms with Crippen molar-refractivity contribution in [1.29, 1.82) is 5.26 Å². The van der Waals surface area contributed by atoms with Gasteiger partial charge in [0, 0.05) is 10.9 Å². The molecule has 4 unspecified atom stereocenters. The minimum atomic E-state index is -0.501. The van der Waals surface area contributed by atoms with Gasteiger partial charge in [-0.2, -0.15) is 5.26 Å². The SMILES string of the molecule is CC(NC(C#N)(CC1CC1)c1cccs1)C1CC1c1ccccc1. The van der Waals surface area contributed by atoms with Gasteiger partial charge >= 0.3 is 0 Å². The molecule has 2 nitrogen and oxygen atoms in total. The molecule has 2 saturated carbocycles. The third-order valence-corrected chi connectivity index (χ3v) is 6.64. The van der Waals surface area contributed by atoms with E-state index in [1.54, 1.807) is 11.3 Å². The Morgan fingerprint density at radius 2 is 2.04 bits per heavy atom. The van der Waals surface area contributed by atoms with Gasteiger partial charge in [0.15, 0.2) is 0 Å². The van der Waals surface area contributed by atoms with Crippen LogP contribution in [0.25, 0.3) is 0 Å². The van der Waals surface area contributed by atoms with Gasteiger partial charge in [-0.15, -0.1) is 11.3 Å². The standard InChI is InChI=1S/C21H24N2S/c1-15(18-12-19(18)17-6-3-2-4-7-17)23-21(14-22,13-16-9-10-16)20-8-5-11-24-20/h2-8,11,15-16,18-19,23H,9-10,12-13H2,1H3. The summed E-state index contributed by atoms with van der Waals surface area (Å²) in [6.45, 7) is 2.26. The van der Waals surface area contributed by atoms with Gasteiger partial charge < -0.3 is 0 Å². The second-order valence-electron chi connectivity index (χ2n) is 7.49. The smallest absolute Gasteiger partial charge is 0.141 e. The molecule has 0 amide bonds. The van der Waals surface area contributed by atoms with Gasteiger partial charge in [-0.3, -0.25) is 5.32 Å². The zero-order valence-electron chi connectivity index (χ0n) is 14.1. The Kier molecular flexibility index (Phi) is 4.20. The highest BCUT2D eigenvalue weighted by Crippen LogP contribution is 2.51. The highest BCUT2D eigenvalue weighted by atomic mass is 32.1. The van der Waals surface area contributed by atoms with Gasteiger partial charge in [-0.1, -0.05) is 49.2 Å². The van der Waals surface area contributed by atoms with E-state index >= 15 is 0 Å². The van der Waals surface area contributed by atoms with E-state index in [4.69, 9.17) is 0 Å². The van der Waals surface area contributed by atoms with Crippen molar-refractivity contribution in [2.45, 2.75) is 50.1 Å². The van der Waals surface area contributed by atoms with Crippen molar-refractivity contribution in [1.82, 2.24) is 5.32 Å². The normalized spacial score (nSPS) is 26.3. The zero-order chi connectivity index (χ0) is 16.6. The summed E-state index contributed by atoms with van der Waals surface area (Å²) in [5.41, 5.74) is 0.940. The van der Waals surface area contributed by atoms with Crippen LogP contribution in [0.5, 0.6) is 0 Å². The molecule has 0 saturated heterocycles. The van der Waals surface area contributed by atoms with E-state index in [0.717, 1.165) is 12.3 Å². The molecule has 0 spiro atoms. The van der Waals surface area contributed by atoms with Crippen molar-refractivity contribution in [3.8, 4) is 6.07 Å². The molecule has 2 aliphatic carbocycles. The summed E-state index contributed by atoms with van der Waals surface area (Å²) in [6, 6.07) is 18.0. The number of hydrogen-bond acceptors (Lipinski definition) is 3. The van der Waals surface area contributed by atoms with Crippen LogP contribution in [0, 0.1) is 23.2 Å². The van der Waals surface area contributed by atoms with Gasteiger partial charge in [-0.05, 0) is 54.5 Å². The Balaban J connectivity index is 1.50. The van der Waals surface area contributed by atoms with Crippen molar-refractivity contribution in [3.63, 3.8) is 0 Å². The lowest BCUT2D eigenvalue weighted by molar-refractivity contribution is 0.321. The van der Waals surface area contributed by atoms with Gasteiger partial charge in [0.2, 0.25) is 0 Å². The van der Waals surface area contributed by atoms with E-state index < -0.39 is 5.54 Å². The first-order valence-corrected chi connectivity index (χ1v) is 9.88. The van der Waals surface area contributed by atoms with Gasteiger partial charge in [-0.25, -0.2) is 0 Å². The average Bonchev–Trinajstić information content (AvgIpc) is 3.53. The topological polar surface area (TPSA) is 35.8 Å². The summed E-state index contributed by atoms with van der Waals surface area (Å²) in [4.78, 5) is 1.18. The second kappa shape index (κ2) is 6.35. The van der Waals surface area contributed by atoms with E-state index in [9.17, 15) is 5.26 Å². The van der Waals surface area contributed by atoms with E-state index in [-0.39, 0.29) is 0 Å². The van der Waals surface area contributed by atoms with Crippen molar-refractivity contribution in [2.24, 2.45) is 11.8 Å². The molecule has 1 aromatic heterocycles. The van der Waals surface area contributed by atoms with E-state index in [1.807, 2.05) is 0 Å². The number of rotatable bonds is 7.